The molecule has 0 saturated heterocycles. The second-order valence-electron chi connectivity index (χ2n) is 4.60. The van der Waals surface area contributed by atoms with Gasteiger partial charge in [0.1, 0.15) is 5.56 Å². The van der Waals surface area contributed by atoms with E-state index < -0.39 is 5.97 Å². The lowest BCUT2D eigenvalue weighted by atomic mass is 10.1. The summed E-state index contributed by atoms with van der Waals surface area (Å²) < 4.78 is 0. The minimum absolute atomic E-state index is 0.0281. The van der Waals surface area contributed by atoms with Gasteiger partial charge in [0, 0.05) is 5.56 Å². The fourth-order valence-corrected chi connectivity index (χ4v) is 2.01. The van der Waals surface area contributed by atoms with Crippen molar-refractivity contribution in [2.75, 3.05) is 11.9 Å². The fourth-order valence-electron chi connectivity index (χ4n) is 2.01. The average molecular weight is 285 g/mol. The molecule has 21 heavy (non-hydrogen) atoms. The lowest BCUT2D eigenvalue weighted by Crippen LogP contribution is -2.14. The van der Waals surface area contributed by atoms with E-state index in [-0.39, 0.29) is 29.3 Å². The first kappa shape index (κ1) is 14.6. The number of nitrogens with one attached hydrogen (secondary N) is 1. The molecule has 0 aliphatic rings. The van der Waals surface area contributed by atoms with Crippen molar-refractivity contribution in [3.05, 3.63) is 59.2 Å². The Morgan fingerprint density at radius 1 is 1.10 bits per heavy atom. The van der Waals surface area contributed by atoms with Crippen LogP contribution in [-0.4, -0.2) is 28.5 Å². The van der Waals surface area contributed by atoms with Crippen molar-refractivity contribution in [1.82, 2.24) is 0 Å². The molecule has 0 spiro atoms. The molecule has 0 radical (unpaired) electrons. The predicted octanol–water partition coefficient (Wildman–Crippen LogP) is 2.69. The summed E-state index contributed by atoms with van der Waals surface area (Å²) >= 11 is 0. The van der Waals surface area contributed by atoms with E-state index in [1.807, 2.05) is 6.07 Å². The summed E-state index contributed by atoms with van der Waals surface area (Å²) in [5, 5.41) is 21.8. The van der Waals surface area contributed by atoms with Gasteiger partial charge in [-0.05, 0) is 18.6 Å². The molecule has 0 unspecified atom stereocenters. The Kier molecular flexibility index (Phi) is 4.23. The summed E-state index contributed by atoms with van der Waals surface area (Å²) in [5.74, 6) is -1.71. The van der Waals surface area contributed by atoms with Crippen molar-refractivity contribution in [3.8, 4) is 5.75 Å². The van der Waals surface area contributed by atoms with Crippen LogP contribution in [0.3, 0.4) is 0 Å². The molecule has 2 aromatic carbocycles. The summed E-state index contributed by atoms with van der Waals surface area (Å²) in [6, 6.07) is 11.9. The molecule has 0 aliphatic heterocycles. The van der Waals surface area contributed by atoms with Gasteiger partial charge in [0.05, 0.1) is 12.2 Å². The fraction of sp³-hybridized carbons (Fsp3) is 0.125. The second kappa shape index (κ2) is 6.09. The third kappa shape index (κ3) is 3.20. The number of hydrogen-bond donors (Lipinski definition) is 3. The van der Waals surface area contributed by atoms with E-state index in [9.17, 15) is 14.7 Å². The highest BCUT2D eigenvalue weighted by atomic mass is 16.4. The Balaban J connectivity index is 2.16. The summed E-state index contributed by atoms with van der Waals surface area (Å²) in [6.07, 6.45) is 0. The highest BCUT2D eigenvalue weighted by Crippen LogP contribution is 2.30. The second-order valence-corrected chi connectivity index (χ2v) is 4.60. The first-order valence-corrected chi connectivity index (χ1v) is 6.38. The summed E-state index contributed by atoms with van der Waals surface area (Å²) in [4.78, 5) is 23.1. The number of Topliss-reactive ketones (excluding diaryl/α,β-unsaturated/α-hetero) is 1. The number of aryl methyl sites for hydroxylation is 1. The zero-order valence-corrected chi connectivity index (χ0v) is 11.5. The Bertz CT molecular complexity index is 680. The van der Waals surface area contributed by atoms with Gasteiger partial charge in [-0.15, -0.1) is 0 Å². The van der Waals surface area contributed by atoms with Gasteiger partial charge in [0.25, 0.3) is 0 Å². The molecular weight excluding hydrogens is 270 g/mol. The number of ketones is 1. The van der Waals surface area contributed by atoms with Crippen LogP contribution < -0.4 is 5.32 Å². The molecule has 0 aromatic heterocycles. The molecule has 0 bridgehead atoms. The van der Waals surface area contributed by atoms with Crippen LogP contribution in [0, 0.1) is 6.92 Å². The van der Waals surface area contributed by atoms with E-state index in [0.717, 1.165) is 0 Å². The molecule has 0 aliphatic carbocycles. The zero-order valence-electron chi connectivity index (χ0n) is 11.5. The molecule has 0 amide bonds. The molecule has 3 N–H and O–H groups in total. The van der Waals surface area contributed by atoms with Gasteiger partial charge in [0.15, 0.2) is 11.5 Å². The number of anilines is 1. The van der Waals surface area contributed by atoms with E-state index in [1.165, 1.54) is 0 Å². The smallest absolute Gasteiger partial charge is 0.339 e. The number of benzene rings is 2. The normalized spacial score (nSPS) is 10.1. The maximum Gasteiger partial charge on any atom is 0.339 e. The van der Waals surface area contributed by atoms with Crippen LogP contribution in [0.4, 0.5) is 5.69 Å². The quantitative estimate of drug-likeness (QED) is 0.581. The highest BCUT2D eigenvalue weighted by Gasteiger charge is 2.17. The third-order valence-electron chi connectivity index (χ3n) is 3.14. The van der Waals surface area contributed by atoms with Crippen LogP contribution in [-0.2, 0) is 0 Å². The molecule has 5 nitrogen and oxygen atoms in total. The Labute approximate surface area is 121 Å². The highest BCUT2D eigenvalue weighted by molar-refractivity contribution is 6.00. The van der Waals surface area contributed by atoms with Crippen LogP contribution in [0.25, 0.3) is 0 Å². The first-order valence-electron chi connectivity index (χ1n) is 6.38. The molecule has 0 heterocycles. The van der Waals surface area contributed by atoms with Gasteiger partial charge in [-0.3, -0.25) is 4.79 Å². The minimum Gasteiger partial charge on any atom is -0.505 e. The van der Waals surface area contributed by atoms with Crippen molar-refractivity contribution in [2.24, 2.45) is 0 Å². The summed E-state index contributed by atoms with van der Waals surface area (Å²) in [6.45, 7) is 1.57. The monoisotopic (exact) mass is 285 g/mol. The third-order valence-corrected chi connectivity index (χ3v) is 3.14. The largest absolute Gasteiger partial charge is 0.505 e. The number of carboxylic acid groups (broad SMARTS) is 1. The number of rotatable bonds is 5. The number of hydrogen-bond acceptors (Lipinski definition) is 4. The maximum atomic E-state index is 12.0. The summed E-state index contributed by atoms with van der Waals surface area (Å²) in [7, 11) is 0. The zero-order chi connectivity index (χ0) is 15.4. The van der Waals surface area contributed by atoms with Crippen molar-refractivity contribution in [1.29, 1.82) is 0 Å². The lowest BCUT2D eigenvalue weighted by Gasteiger charge is -2.11. The summed E-state index contributed by atoms with van der Waals surface area (Å²) in [5.41, 5.74) is 1.07. The predicted molar refractivity (Wildman–Crippen MR) is 79.1 cm³/mol. The maximum absolute atomic E-state index is 12.0. The minimum atomic E-state index is -1.21. The standard InChI is InChI=1S/C16H15NO4/c1-10-7-8-12(15(19)14(10)16(20)21)17-9-13(18)11-5-3-2-4-6-11/h2-8,17,19H,9H2,1H3,(H,20,21). The first-order chi connectivity index (χ1) is 10.0. The number of phenols is 1. The van der Waals surface area contributed by atoms with Gasteiger partial charge < -0.3 is 15.5 Å². The lowest BCUT2D eigenvalue weighted by molar-refractivity contribution is 0.0693. The van der Waals surface area contributed by atoms with Gasteiger partial charge in [0.2, 0.25) is 0 Å². The topological polar surface area (TPSA) is 86.6 Å². The van der Waals surface area contributed by atoms with Crippen molar-refractivity contribution >= 4 is 17.4 Å². The average Bonchev–Trinajstić information content (AvgIpc) is 2.46. The van der Waals surface area contributed by atoms with Crippen molar-refractivity contribution in [3.63, 3.8) is 0 Å². The molecule has 0 fully saturated rings. The Hall–Kier alpha value is -2.82. The van der Waals surface area contributed by atoms with Crippen molar-refractivity contribution < 1.29 is 19.8 Å². The number of carbonyl (C=O) groups is 2. The molecule has 0 atom stereocenters. The molecule has 2 rings (SSSR count). The van der Waals surface area contributed by atoms with Crippen LogP contribution in [0.15, 0.2) is 42.5 Å². The van der Waals surface area contributed by atoms with E-state index in [0.29, 0.717) is 11.1 Å². The Morgan fingerprint density at radius 3 is 2.38 bits per heavy atom. The van der Waals surface area contributed by atoms with E-state index >= 15 is 0 Å². The molecular formula is C16H15NO4. The number of aromatic carboxylic acids is 1. The van der Waals surface area contributed by atoms with E-state index in [1.54, 1.807) is 43.3 Å². The van der Waals surface area contributed by atoms with Gasteiger partial charge >= 0.3 is 5.97 Å². The van der Waals surface area contributed by atoms with Crippen LogP contribution in [0.1, 0.15) is 26.3 Å². The number of carboxylic acids is 1. The molecule has 2 aromatic rings. The van der Waals surface area contributed by atoms with Crippen molar-refractivity contribution in [2.45, 2.75) is 6.92 Å². The number of aromatic hydroxyl groups is 1. The molecule has 5 heteroatoms. The van der Waals surface area contributed by atoms with Gasteiger partial charge in [-0.1, -0.05) is 36.4 Å². The van der Waals surface area contributed by atoms with Gasteiger partial charge in [-0.2, -0.15) is 0 Å². The van der Waals surface area contributed by atoms with Crippen LogP contribution in [0.5, 0.6) is 5.75 Å². The van der Waals surface area contributed by atoms with E-state index in [2.05, 4.69) is 5.32 Å². The Morgan fingerprint density at radius 2 is 1.76 bits per heavy atom. The van der Waals surface area contributed by atoms with E-state index in [4.69, 9.17) is 5.11 Å². The van der Waals surface area contributed by atoms with Crippen LogP contribution >= 0.6 is 0 Å². The van der Waals surface area contributed by atoms with Gasteiger partial charge in [-0.25, -0.2) is 4.79 Å². The SMILES string of the molecule is Cc1ccc(NCC(=O)c2ccccc2)c(O)c1C(=O)O. The molecule has 108 valence electrons. The molecule has 0 saturated carbocycles. The van der Waals surface area contributed by atoms with Crippen LogP contribution in [0.2, 0.25) is 0 Å². The number of carbonyl (C=O) groups excluding carboxylic acids is 1.